The highest BCUT2D eigenvalue weighted by atomic mass is 19.1. The minimum absolute atomic E-state index is 0.0960. The average molecular weight is 283 g/mol. The molecule has 1 saturated heterocycles. The molecule has 2 nitrogen and oxygen atoms in total. The zero-order valence-corrected chi connectivity index (χ0v) is 11.9. The van der Waals surface area contributed by atoms with E-state index in [0.29, 0.717) is 5.56 Å². The van der Waals surface area contributed by atoms with Crippen molar-refractivity contribution in [2.24, 2.45) is 0 Å². The maximum absolute atomic E-state index is 13.0. The normalized spacial score (nSPS) is 15.0. The number of halogens is 1. The smallest absolute Gasteiger partial charge is 0.253 e. The average Bonchev–Trinajstić information content (AvgIpc) is 2.56. The molecule has 2 aromatic rings. The number of amides is 1. The quantitative estimate of drug-likeness (QED) is 0.812. The van der Waals surface area contributed by atoms with E-state index in [1.165, 1.54) is 18.6 Å². The van der Waals surface area contributed by atoms with Crippen molar-refractivity contribution in [3.63, 3.8) is 0 Å². The number of nitrogens with zero attached hydrogens (tertiary/aromatic N) is 1. The van der Waals surface area contributed by atoms with Crippen LogP contribution in [-0.4, -0.2) is 23.9 Å². The molecule has 0 radical (unpaired) electrons. The van der Waals surface area contributed by atoms with Gasteiger partial charge in [-0.25, -0.2) is 4.39 Å². The van der Waals surface area contributed by atoms with Crippen LogP contribution >= 0.6 is 0 Å². The number of benzene rings is 2. The molecule has 0 spiro atoms. The molecule has 0 N–H and O–H groups in total. The van der Waals surface area contributed by atoms with E-state index < -0.39 is 0 Å². The largest absolute Gasteiger partial charge is 0.339 e. The standard InChI is InChI=1S/C18H18FNO/c19-17-9-7-14(8-10-17)15-5-4-6-16(13-15)18(21)20-11-2-1-3-12-20/h4-10,13H,1-3,11-12H2. The van der Waals surface area contributed by atoms with Crippen LogP contribution in [0.15, 0.2) is 48.5 Å². The lowest BCUT2D eigenvalue weighted by atomic mass is 10.0. The molecule has 1 heterocycles. The van der Waals surface area contributed by atoms with Gasteiger partial charge in [0.2, 0.25) is 0 Å². The molecule has 2 aromatic carbocycles. The number of carbonyl (C=O) groups excluding carboxylic acids is 1. The Bertz CT molecular complexity index is 630. The summed E-state index contributed by atoms with van der Waals surface area (Å²) in [5.74, 6) is -0.155. The first-order chi connectivity index (χ1) is 10.2. The Hall–Kier alpha value is -2.16. The molecule has 0 aliphatic carbocycles. The van der Waals surface area contributed by atoms with Crippen molar-refractivity contribution < 1.29 is 9.18 Å². The second kappa shape index (κ2) is 6.08. The molecule has 21 heavy (non-hydrogen) atoms. The zero-order valence-electron chi connectivity index (χ0n) is 11.9. The molecular weight excluding hydrogens is 265 g/mol. The van der Waals surface area contributed by atoms with Gasteiger partial charge in [-0.15, -0.1) is 0 Å². The van der Waals surface area contributed by atoms with Crippen molar-refractivity contribution in [3.05, 3.63) is 59.9 Å². The monoisotopic (exact) mass is 283 g/mol. The van der Waals surface area contributed by atoms with Crippen LogP contribution in [0, 0.1) is 5.82 Å². The van der Waals surface area contributed by atoms with Gasteiger partial charge < -0.3 is 4.90 Å². The van der Waals surface area contributed by atoms with Crippen LogP contribution in [0.3, 0.4) is 0 Å². The fraction of sp³-hybridized carbons (Fsp3) is 0.278. The van der Waals surface area contributed by atoms with E-state index in [0.717, 1.165) is 37.1 Å². The van der Waals surface area contributed by atoms with Crippen molar-refractivity contribution in [1.29, 1.82) is 0 Å². The van der Waals surface area contributed by atoms with Gasteiger partial charge in [0, 0.05) is 18.7 Å². The minimum Gasteiger partial charge on any atom is -0.339 e. The molecule has 0 saturated carbocycles. The summed E-state index contributed by atoms with van der Waals surface area (Å²) >= 11 is 0. The van der Waals surface area contributed by atoms with Crippen LogP contribution < -0.4 is 0 Å². The van der Waals surface area contributed by atoms with Gasteiger partial charge in [0.15, 0.2) is 0 Å². The van der Waals surface area contributed by atoms with Gasteiger partial charge in [-0.1, -0.05) is 24.3 Å². The van der Waals surface area contributed by atoms with Crippen LogP contribution in [0.4, 0.5) is 4.39 Å². The van der Waals surface area contributed by atoms with E-state index in [2.05, 4.69) is 0 Å². The summed E-state index contributed by atoms with van der Waals surface area (Å²) in [5, 5.41) is 0. The summed E-state index contributed by atoms with van der Waals surface area (Å²) in [5.41, 5.74) is 2.57. The van der Waals surface area contributed by atoms with Gasteiger partial charge >= 0.3 is 0 Å². The Labute approximate surface area is 124 Å². The zero-order chi connectivity index (χ0) is 14.7. The molecule has 1 fully saturated rings. The van der Waals surface area contributed by atoms with Crippen LogP contribution in [0.1, 0.15) is 29.6 Å². The fourth-order valence-electron chi connectivity index (χ4n) is 2.75. The van der Waals surface area contributed by atoms with E-state index in [-0.39, 0.29) is 11.7 Å². The molecule has 1 amide bonds. The number of likely N-dealkylation sites (tertiary alicyclic amines) is 1. The SMILES string of the molecule is O=C(c1cccc(-c2ccc(F)cc2)c1)N1CCCCC1. The first kappa shape index (κ1) is 13.8. The van der Waals surface area contributed by atoms with Crippen molar-refractivity contribution in [1.82, 2.24) is 4.90 Å². The number of rotatable bonds is 2. The molecule has 0 atom stereocenters. The van der Waals surface area contributed by atoms with Gasteiger partial charge in [-0.2, -0.15) is 0 Å². The summed E-state index contributed by atoms with van der Waals surface area (Å²) in [7, 11) is 0. The predicted molar refractivity (Wildman–Crippen MR) is 81.6 cm³/mol. The summed E-state index contributed by atoms with van der Waals surface area (Å²) in [6.45, 7) is 1.69. The van der Waals surface area contributed by atoms with Crippen LogP contribution in [-0.2, 0) is 0 Å². The Morgan fingerprint density at radius 2 is 1.62 bits per heavy atom. The van der Waals surface area contributed by atoms with Crippen LogP contribution in [0.2, 0.25) is 0 Å². The topological polar surface area (TPSA) is 20.3 Å². The third-order valence-corrected chi connectivity index (χ3v) is 3.93. The lowest BCUT2D eigenvalue weighted by Gasteiger charge is -2.26. The highest BCUT2D eigenvalue weighted by Gasteiger charge is 2.18. The van der Waals surface area contributed by atoms with Gasteiger partial charge in [0.05, 0.1) is 0 Å². The molecular formula is C18H18FNO. The lowest BCUT2D eigenvalue weighted by molar-refractivity contribution is 0.0724. The second-order valence-corrected chi connectivity index (χ2v) is 5.44. The molecule has 1 aliphatic rings. The van der Waals surface area contributed by atoms with Crippen molar-refractivity contribution >= 4 is 5.91 Å². The van der Waals surface area contributed by atoms with Gasteiger partial charge in [0.25, 0.3) is 5.91 Å². The van der Waals surface area contributed by atoms with E-state index in [4.69, 9.17) is 0 Å². The lowest BCUT2D eigenvalue weighted by Crippen LogP contribution is -2.35. The predicted octanol–water partition coefficient (Wildman–Crippen LogP) is 4.12. The van der Waals surface area contributed by atoms with Crippen molar-refractivity contribution in [3.8, 4) is 11.1 Å². The molecule has 1 aliphatic heterocycles. The molecule has 0 unspecified atom stereocenters. The minimum atomic E-state index is -0.251. The van der Waals surface area contributed by atoms with Gasteiger partial charge in [-0.05, 0) is 54.7 Å². The van der Waals surface area contributed by atoms with Gasteiger partial charge in [0.1, 0.15) is 5.82 Å². The highest BCUT2D eigenvalue weighted by molar-refractivity contribution is 5.95. The van der Waals surface area contributed by atoms with Crippen LogP contribution in [0.5, 0.6) is 0 Å². The first-order valence-electron chi connectivity index (χ1n) is 7.39. The molecule has 108 valence electrons. The maximum Gasteiger partial charge on any atom is 0.253 e. The van der Waals surface area contributed by atoms with E-state index in [1.807, 2.05) is 29.2 Å². The number of carbonyl (C=O) groups is 1. The molecule has 0 aromatic heterocycles. The Morgan fingerprint density at radius 3 is 2.33 bits per heavy atom. The Kier molecular flexibility index (Phi) is 4.00. The Morgan fingerprint density at radius 1 is 0.905 bits per heavy atom. The Balaban J connectivity index is 1.85. The van der Waals surface area contributed by atoms with E-state index in [9.17, 15) is 9.18 Å². The second-order valence-electron chi connectivity index (χ2n) is 5.44. The third kappa shape index (κ3) is 3.13. The number of hydrogen-bond donors (Lipinski definition) is 0. The number of piperidine rings is 1. The summed E-state index contributed by atoms with van der Waals surface area (Å²) in [4.78, 5) is 14.4. The van der Waals surface area contributed by atoms with E-state index >= 15 is 0 Å². The molecule has 3 heteroatoms. The fourth-order valence-corrected chi connectivity index (χ4v) is 2.75. The van der Waals surface area contributed by atoms with Crippen molar-refractivity contribution in [2.75, 3.05) is 13.1 Å². The third-order valence-electron chi connectivity index (χ3n) is 3.93. The number of hydrogen-bond acceptors (Lipinski definition) is 1. The van der Waals surface area contributed by atoms with Crippen molar-refractivity contribution in [2.45, 2.75) is 19.3 Å². The molecule has 3 rings (SSSR count). The van der Waals surface area contributed by atoms with E-state index in [1.54, 1.807) is 12.1 Å². The highest BCUT2D eigenvalue weighted by Crippen LogP contribution is 2.22. The summed E-state index contributed by atoms with van der Waals surface area (Å²) in [6.07, 6.45) is 3.38. The first-order valence-corrected chi connectivity index (χ1v) is 7.39. The summed E-state index contributed by atoms with van der Waals surface area (Å²) in [6, 6.07) is 13.9. The van der Waals surface area contributed by atoms with Gasteiger partial charge in [-0.3, -0.25) is 4.79 Å². The molecule has 0 bridgehead atoms. The maximum atomic E-state index is 13.0. The summed E-state index contributed by atoms with van der Waals surface area (Å²) < 4.78 is 13.0. The van der Waals surface area contributed by atoms with Crippen LogP contribution in [0.25, 0.3) is 11.1 Å².